The Morgan fingerprint density at radius 3 is 2.45 bits per heavy atom. The van der Waals surface area contributed by atoms with E-state index in [1.807, 2.05) is 18.5 Å². The zero-order valence-electron chi connectivity index (χ0n) is 12.1. The van der Waals surface area contributed by atoms with Crippen LogP contribution in [0.5, 0.6) is 0 Å². The van der Waals surface area contributed by atoms with Gasteiger partial charge in [0.15, 0.2) is 0 Å². The normalized spacial score (nSPS) is 12.0. The number of halogens is 3. The first-order valence-electron chi connectivity index (χ1n) is 6.67. The zero-order valence-corrected chi connectivity index (χ0v) is 12.1. The van der Waals surface area contributed by atoms with E-state index in [9.17, 15) is 13.2 Å². The topological polar surface area (TPSA) is 43.8 Å². The number of nitrogens with two attached hydrogens (primary N) is 1. The number of anilines is 1. The first-order valence-corrected chi connectivity index (χ1v) is 6.67. The molecule has 3 rings (SSSR count). The zero-order chi connectivity index (χ0) is 16.1. The van der Waals surface area contributed by atoms with Crippen LogP contribution in [0.4, 0.5) is 18.9 Å². The van der Waals surface area contributed by atoms with Crippen LogP contribution >= 0.6 is 0 Å². The molecule has 0 unspecified atom stereocenters. The van der Waals surface area contributed by atoms with Gasteiger partial charge in [0, 0.05) is 29.2 Å². The molecular formula is C16H14F3N3. The fourth-order valence-electron chi connectivity index (χ4n) is 2.62. The maximum Gasteiger partial charge on any atom is 0.416 e. The van der Waals surface area contributed by atoms with Crippen LogP contribution in [0.3, 0.4) is 0 Å². The summed E-state index contributed by atoms with van der Waals surface area (Å²) in [5, 5.41) is 0.534. The van der Waals surface area contributed by atoms with E-state index in [2.05, 4.69) is 4.98 Å². The molecule has 0 saturated carbocycles. The number of fused-ring (bicyclic) bond motifs is 1. The number of nitrogens with zero attached hydrogens (tertiary/aromatic N) is 2. The fourth-order valence-corrected chi connectivity index (χ4v) is 2.62. The fraction of sp³-hybridized carbons (Fsp3) is 0.188. The van der Waals surface area contributed by atoms with Gasteiger partial charge in [0.25, 0.3) is 0 Å². The Morgan fingerprint density at radius 2 is 1.86 bits per heavy atom. The monoisotopic (exact) mass is 305 g/mol. The van der Waals surface area contributed by atoms with Crippen molar-refractivity contribution in [3.8, 4) is 11.3 Å². The number of aromatic nitrogens is 2. The Hall–Kier alpha value is -2.50. The van der Waals surface area contributed by atoms with Gasteiger partial charge in [0.05, 0.1) is 23.1 Å². The Morgan fingerprint density at radius 1 is 1.14 bits per heavy atom. The van der Waals surface area contributed by atoms with Gasteiger partial charge in [-0.25, -0.2) is 0 Å². The summed E-state index contributed by atoms with van der Waals surface area (Å²) in [6.45, 7) is 1.86. The highest BCUT2D eigenvalue weighted by Crippen LogP contribution is 2.37. The summed E-state index contributed by atoms with van der Waals surface area (Å²) in [7, 11) is 1.83. The molecule has 2 N–H and O–H groups in total. The predicted molar refractivity (Wildman–Crippen MR) is 80.3 cm³/mol. The summed E-state index contributed by atoms with van der Waals surface area (Å²) in [5.74, 6) is 0. The summed E-state index contributed by atoms with van der Waals surface area (Å²) in [6, 6.07) is 7.18. The second kappa shape index (κ2) is 4.76. The number of aryl methyl sites for hydroxylation is 1. The standard InChI is InChI=1S/C16H14F3N3/c1-9-15(13-5-4-11(20)8-21-13)12-7-10(16(17,18)19)3-6-14(12)22(9)2/h3-8H,20H2,1-2H3. The van der Waals surface area contributed by atoms with Crippen LogP contribution in [0.15, 0.2) is 36.5 Å². The maximum atomic E-state index is 13.0. The molecule has 6 heteroatoms. The summed E-state index contributed by atoms with van der Waals surface area (Å²) in [5.41, 5.74) is 8.37. The van der Waals surface area contributed by atoms with Crippen molar-refractivity contribution in [3.63, 3.8) is 0 Å². The lowest BCUT2D eigenvalue weighted by molar-refractivity contribution is -0.137. The summed E-state index contributed by atoms with van der Waals surface area (Å²) in [4.78, 5) is 4.25. The first kappa shape index (κ1) is 14.4. The second-order valence-electron chi connectivity index (χ2n) is 5.23. The van der Waals surface area contributed by atoms with Crippen LogP contribution in [-0.2, 0) is 13.2 Å². The van der Waals surface area contributed by atoms with Crippen molar-refractivity contribution in [3.05, 3.63) is 47.8 Å². The minimum Gasteiger partial charge on any atom is -0.397 e. The SMILES string of the molecule is Cc1c(-c2ccc(N)cn2)c2cc(C(F)(F)F)ccc2n1C. The molecule has 0 saturated heterocycles. The van der Waals surface area contributed by atoms with E-state index in [-0.39, 0.29) is 0 Å². The quantitative estimate of drug-likeness (QED) is 0.734. The molecule has 0 aliphatic carbocycles. The van der Waals surface area contributed by atoms with Crippen molar-refractivity contribution in [1.29, 1.82) is 0 Å². The molecule has 0 aliphatic heterocycles. The highest BCUT2D eigenvalue weighted by Gasteiger charge is 2.31. The van der Waals surface area contributed by atoms with Crippen molar-refractivity contribution >= 4 is 16.6 Å². The van der Waals surface area contributed by atoms with Gasteiger partial charge in [-0.3, -0.25) is 4.98 Å². The first-order chi connectivity index (χ1) is 10.3. The van der Waals surface area contributed by atoms with Crippen molar-refractivity contribution in [2.24, 2.45) is 7.05 Å². The van der Waals surface area contributed by atoms with E-state index in [0.29, 0.717) is 22.3 Å². The number of hydrogen-bond acceptors (Lipinski definition) is 2. The molecule has 0 spiro atoms. The molecule has 22 heavy (non-hydrogen) atoms. The number of benzene rings is 1. The lowest BCUT2D eigenvalue weighted by Gasteiger charge is -2.07. The molecule has 3 aromatic rings. The second-order valence-corrected chi connectivity index (χ2v) is 5.23. The molecule has 2 aromatic heterocycles. The van der Waals surface area contributed by atoms with E-state index in [0.717, 1.165) is 17.3 Å². The Kier molecular flexibility index (Phi) is 3.12. The van der Waals surface area contributed by atoms with Gasteiger partial charge in [-0.05, 0) is 37.3 Å². The van der Waals surface area contributed by atoms with Gasteiger partial charge in [-0.2, -0.15) is 13.2 Å². The lowest BCUT2D eigenvalue weighted by atomic mass is 10.0. The Labute approximate surface area is 125 Å². The molecule has 3 nitrogen and oxygen atoms in total. The van der Waals surface area contributed by atoms with Gasteiger partial charge < -0.3 is 10.3 Å². The average molecular weight is 305 g/mol. The number of rotatable bonds is 1. The summed E-state index contributed by atoms with van der Waals surface area (Å²) >= 11 is 0. The number of pyridine rings is 1. The van der Waals surface area contributed by atoms with E-state index >= 15 is 0 Å². The van der Waals surface area contributed by atoms with Crippen LogP contribution in [0, 0.1) is 6.92 Å². The van der Waals surface area contributed by atoms with E-state index < -0.39 is 11.7 Å². The van der Waals surface area contributed by atoms with Crippen molar-refractivity contribution in [2.75, 3.05) is 5.73 Å². The van der Waals surface area contributed by atoms with Crippen molar-refractivity contribution in [1.82, 2.24) is 9.55 Å². The van der Waals surface area contributed by atoms with Crippen molar-refractivity contribution in [2.45, 2.75) is 13.1 Å². The van der Waals surface area contributed by atoms with Crippen LogP contribution in [0.2, 0.25) is 0 Å². The average Bonchev–Trinajstić information content (AvgIpc) is 2.71. The minimum absolute atomic E-state index is 0.512. The van der Waals surface area contributed by atoms with Crippen LogP contribution < -0.4 is 5.73 Å². The molecule has 1 aromatic carbocycles. The van der Waals surface area contributed by atoms with Gasteiger partial charge in [-0.1, -0.05) is 0 Å². The predicted octanol–water partition coefficient (Wildman–Crippen LogP) is 4.15. The smallest absolute Gasteiger partial charge is 0.397 e. The molecule has 0 bridgehead atoms. The summed E-state index contributed by atoms with van der Waals surface area (Å²) < 4.78 is 40.8. The molecular weight excluding hydrogens is 291 g/mol. The van der Waals surface area contributed by atoms with Crippen LogP contribution in [0.25, 0.3) is 22.2 Å². The third-order valence-electron chi connectivity index (χ3n) is 3.86. The molecule has 2 heterocycles. The van der Waals surface area contributed by atoms with Gasteiger partial charge >= 0.3 is 6.18 Å². The molecule has 0 fully saturated rings. The number of hydrogen-bond donors (Lipinski definition) is 1. The molecule has 0 amide bonds. The number of alkyl halides is 3. The third-order valence-corrected chi connectivity index (χ3v) is 3.86. The molecule has 0 atom stereocenters. The van der Waals surface area contributed by atoms with Gasteiger partial charge in [0.2, 0.25) is 0 Å². The molecule has 114 valence electrons. The van der Waals surface area contributed by atoms with E-state index in [1.165, 1.54) is 18.3 Å². The van der Waals surface area contributed by atoms with E-state index in [4.69, 9.17) is 5.73 Å². The third kappa shape index (κ3) is 2.20. The highest BCUT2D eigenvalue weighted by molar-refractivity contribution is 5.97. The largest absolute Gasteiger partial charge is 0.416 e. The Bertz CT molecular complexity index is 846. The summed E-state index contributed by atoms with van der Waals surface area (Å²) in [6.07, 6.45) is -2.87. The molecule has 0 aliphatic rings. The van der Waals surface area contributed by atoms with Gasteiger partial charge in [-0.15, -0.1) is 0 Å². The van der Waals surface area contributed by atoms with Gasteiger partial charge in [0.1, 0.15) is 0 Å². The number of nitrogen functional groups attached to an aromatic ring is 1. The molecule has 0 radical (unpaired) electrons. The van der Waals surface area contributed by atoms with Crippen LogP contribution in [-0.4, -0.2) is 9.55 Å². The maximum absolute atomic E-state index is 13.0. The highest BCUT2D eigenvalue weighted by atomic mass is 19.4. The van der Waals surface area contributed by atoms with Crippen molar-refractivity contribution < 1.29 is 13.2 Å². The van der Waals surface area contributed by atoms with Crippen LogP contribution in [0.1, 0.15) is 11.3 Å². The Balaban J connectivity index is 2.33. The minimum atomic E-state index is -4.37. The van der Waals surface area contributed by atoms with E-state index in [1.54, 1.807) is 12.1 Å². The lowest BCUT2D eigenvalue weighted by Crippen LogP contribution is -2.04.